The van der Waals surface area contributed by atoms with Gasteiger partial charge in [0.15, 0.2) is 0 Å². The van der Waals surface area contributed by atoms with Crippen LogP contribution in [-0.2, 0) is 28.5 Å². The summed E-state index contributed by atoms with van der Waals surface area (Å²) in [7, 11) is 0. The van der Waals surface area contributed by atoms with E-state index in [1.54, 1.807) is 0 Å². The Kier molecular flexibility index (Phi) is 14.0. The minimum Gasteiger partial charge on any atom is -0.460 e. The highest BCUT2D eigenvalue weighted by Gasteiger charge is 2.24. The van der Waals surface area contributed by atoms with Crippen LogP contribution in [0, 0.1) is 11.8 Å². The second-order valence-electron chi connectivity index (χ2n) is 10.9. The summed E-state index contributed by atoms with van der Waals surface area (Å²) in [6.07, 6.45) is 10.8. The van der Waals surface area contributed by atoms with Crippen molar-refractivity contribution in [1.82, 2.24) is 10.6 Å². The molecule has 0 aromatic rings. The molecule has 10 nitrogen and oxygen atoms in total. The van der Waals surface area contributed by atoms with Gasteiger partial charge in [0.2, 0.25) is 0 Å². The van der Waals surface area contributed by atoms with Gasteiger partial charge in [0.05, 0.1) is 12.1 Å². The average Bonchev–Trinajstić information content (AvgIpc) is 2.88. The maximum atomic E-state index is 12.2. The first-order valence-electron chi connectivity index (χ1n) is 14.1. The lowest BCUT2D eigenvalue weighted by atomic mass is 9.98. The summed E-state index contributed by atoms with van der Waals surface area (Å²) < 4.78 is 21.4. The minimum atomic E-state index is -0.732. The summed E-state index contributed by atoms with van der Waals surface area (Å²) >= 11 is 0. The Labute approximate surface area is 226 Å². The number of rotatable bonds is 12. The highest BCUT2D eigenvalue weighted by Crippen LogP contribution is 2.21. The summed E-state index contributed by atoms with van der Waals surface area (Å²) in [5.74, 6) is -1.46. The van der Waals surface area contributed by atoms with Crippen LogP contribution in [0.2, 0.25) is 0 Å². The van der Waals surface area contributed by atoms with E-state index in [4.69, 9.17) is 18.9 Å². The van der Waals surface area contributed by atoms with Gasteiger partial charge in [-0.05, 0) is 63.2 Å². The molecule has 2 aliphatic rings. The molecule has 2 N–H and O–H groups in total. The third-order valence-electron chi connectivity index (χ3n) is 7.03. The van der Waals surface area contributed by atoms with Crippen molar-refractivity contribution >= 4 is 24.1 Å². The molecular formula is C28H46N2O8. The molecule has 216 valence electrons. The first-order valence-corrected chi connectivity index (χ1v) is 14.1. The largest absolute Gasteiger partial charge is 0.460 e. The first-order chi connectivity index (χ1) is 18.1. The molecule has 0 spiro atoms. The second-order valence-corrected chi connectivity index (χ2v) is 10.9. The molecule has 0 aromatic carbocycles. The molecule has 0 unspecified atom stereocenters. The van der Waals surface area contributed by atoms with Gasteiger partial charge in [-0.3, -0.25) is 0 Å². The predicted molar refractivity (Wildman–Crippen MR) is 141 cm³/mol. The zero-order valence-electron chi connectivity index (χ0n) is 23.4. The summed E-state index contributed by atoms with van der Waals surface area (Å²) in [5, 5.41) is 5.54. The number of nitrogens with one attached hydrogen (secondary N) is 2. The third-order valence-corrected chi connectivity index (χ3v) is 7.03. The van der Waals surface area contributed by atoms with Gasteiger partial charge < -0.3 is 29.6 Å². The molecule has 0 aromatic heterocycles. The Morgan fingerprint density at radius 1 is 0.632 bits per heavy atom. The van der Waals surface area contributed by atoms with Crippen LogP contribution in [-0.4, -0.2) is 61.6 Å². The highest BCUT2D eigenvalue weighted by molar-refractivity contribution is 5.91. The molecule has 2 amide bonds. The minimum absolute atomic E-state index is 0.000853. The molecule has 0 saturated heterocycles. The molecule has 2 rings (SSSR count). The lowest BCUT2D eigenvalue weighted by molar-refractivity contribution is -0.141. The number of hydrogen-bond acceptors (Lipinski definition) is 8. The number of amides is 2. The van der Waals surface area contributed by atoms with Gasteiger partial charge in [0, 0.05) is 12.2 Å². The van der Waals surface area contributed by atoms with Crippen molar-refractivity contribution in [3.05, 3.63) is 12.2 Å². The fourth-order valence-corrected chi connectivity index (χ4v) is 4.42. The molecule has 0 radical (unpaired) electrons. The molecule has 2 fully saturated rings. The SMILES string of the molecule is CC(C)[C@H](COC(=O)/C=C/C(=O)OC[C@H](NC(=O)OC1CCCCC1)C(C)C)NC(=O)OC1CCCCC1. The Morgan fingerprint density at radius 2 is 0.974 bits per heavy atom. The van der Waals surface area contributed by atoms with E-state index in [0.717, 1.165) is 76.4 Å². The van der Waals surface area contributed by atoms with E-state index >= 15 is 0 Å². The van der Waals surface area contributed by atoms with E-state index in [2.05, 4.69) is 10.6 Å². The molecule has 0 aliphatic heterocycles. The fourth-order valence-electron chi connectivity index (χ4n) is 4.42. The van der Waals surface area contributed by atoms with E-state index in [9.17, 15) is 19.2 Å². The number of esters is 2. The Hall–Kier alpha value is -2.78. The average molecular weight is 539 g/mol. The van der Waals surface area contributed by atoms with Gasteiger partial charge in [-0.2, -0.15) is 0 Å². The van der Waals surface area contributed by atoms with E-state index in [1.807, 2.05) is 27.7 Å². The maximum absolute atomic E-state index is 12.2. The lowest BCUT2D eigenvalue weighted by Crippen LogP contribution is -2.44. The van der Waals surface area contributed by atoms with Crippen LogP contribution in [0.1, 0.15) is 91.9 Å². The molecule has 0 bridgehead atoms. The second kappa shape index (κ2) is 16.9. The third kappa shape index (κ3) is 12.6. The van der Waals surface area contributed by atoms with Crippen LogP contribution in [0.5, 0.6) is 0 Å². The van der Waals surface area contributed by atoms with Gasteiger partial charge in [-0.15, -0.1) is 0 Å². The van der Waals surface area contributed by atoms with Gasteiger partial charge in [-0.25, -0.2) is 19.2 Å². The predicted octanol–water partition coefficient (Wildman–Crippen LogP) is 4.80. The van der Waals surface area contributed by atoms with E-state index in [-0.39, 0.29) is 37.3 Å². The number of carbonyl (C=O) groups excluding carboxylic acids is 4. The fraction of sp³-hybridized carbons (Fsp3) is 0.786. The Bertz CT molecular complexity index is 722. The Balaban J connectivity index is 1.71. The lowest BCUT2D eigenvalue weighted by Gasteiger charge is -2.25. The van der Waals surface area contributed by atoms with Crippen LogP contribution in [0.25, 0.3) is 0 Å². The standard InChI is InChI=1S/C28H46N2O8/c1-19(2)23(29-27(33)37-21-11-7-5-8-12-21)17-35-25(31)15-16-26(32)36-18-24(20(3)4)30-28(34)38-22-13-9-6-10-14-22/h15-16,19-24H,5-14,17-18H2,1-4H3,(H,29,33)(H,30,34)/b16-15+/t23-,24-/m0/s1. The molecule has 2 aliphatic carbocycles. The van der Waals surface area contributed by atoms with E-state index in [1.165, 1.54) is 0 Å². The van der Waals surface area contributed by atoms with E-state index in [0.29, 0.717) is 0 Å². The van der Waals surface area contributed by atoms with Crippen LogP contribution in [0.3, 0.4) is 0 Å². The summed E-state index contributed by atoms with van der Waals surface area (Å²) in [5.41, 5.74) is 0. The van der Waals surface area contributed by atoms with Gasteiger partial charge >= 0.3 is 24.1 Å². The zero-order chi connectivity index (χ0) is 27.9. The number of ether oxygens (including phenoxy) is 4. The first kappa shape index (κ1) is 31.4. The van der Waals surface area contributed by atoms with Crippen molar-refractivity contribution in [2.75, 3.05) is 13.2 Å². The molecular weight excluding hydrogens is 492 g/mol. The number of hydrogen-bond donors (Lipinski definition) is 2. The molecule has 38 heavy (non-hydrogen) atoms. The monoisotopic (exact) mass is 538 g/mol. The van der Waals surface area contributed by atoms with Crippen molar-refractivity contribution < 1.29 is 38.1 Å². The Morgan fingerprint density at radius 3 is 1.29 bits per heavy atom. The van der Waals surface area contributed by atoms with Gasteiger partial charge in [0.25, 0.3) is 0 Å². The van der Waals surface area contributed by atoms with Crippen molar-refractivity contribution in [1.29, 1.82) is 0 Å². The van der Waals surface area contributed by atoms with Crippen molar-refractivity contribution in [2.45, 2.75) is 116 Å². The number of alkyl carbamates (subject to hydrolysis) is 2. The molecule has 0 heterocycles. The summed E-state index contributed by atoms with van der Waals surface area (Å²) in [6, 6.07) is -0.858. The molecule has 10 heteroatoms. The van der Waals surface area contributed by atoms with Crippen molar-refractivity contribution in [3.8, 4) is 0 Å². The normalized spacial score (nSPS) is 18.6. The number of carbonyl (C=O) groups is 4. The molecule has 2 atom stereocenters. The maximum Gasteiger partial charge on any atom is 0.407 e. The topological polar surface area (TPSA) is 129 Å². The van der Waals surface area contributed by atoms with Crippen molar-refractivity contribution in [3.63, 3.8) is 0 Å². The van der Waals surface area contributed by atoms with Crippen LogP contribution in [0.15, 0.2) is 12.2 Å². The smallest absolute Gasteiger partial charge is 0.407 e. The molecule has 2 saturated carbocycles. The zero-order valence-corrected chi connectivity index (χ0v) is 23.4. The van der Waals surface area contributed by atoms with Crippen molar-refractivity contribution in [2.24, 2.45) is 11.8 Å². The van der Waals surface area contributed by atoms with Gasteiger partial charge in [0.1, 0.15) is 25.4 Å². The van der Waals surface area contributed by atoms with Gasteiger partial charge in [-0.1, -0.05) is 40.5 Å². The summed E-state index contributed by atoms with van der Waals surface area (Å²) in [6.45, 7) is 7.48. The van der Waals surface area contributed by atoms with Crippen LogP contribution in [0.4, 0.5) is 9.59 Å². The van der Waals surface area contributed by atoms with E-state index < -0.39 is 36.2 Å². The highest BCUT2D eigenvalue weighted by atomic mass is 16.6. The van der Waals surface area contributed by atoms with Crippen LogP contribution < -0.4 is 10.6 Å². The quantitative estimate of drug-likeness (QED) is 0.206. The summed E-state index contributed by atoms with van der Waals surface area (Å²) in [4.78, 5) is 48.7. The van der Waals surface area contributed by atoms with Crippen LogP contribution >= 0.6 is 0 Å².